The number of benzene rings is 1. The molecule has 0 radical (unpaired) electrons. The van der Waals surface area contributed by atoms with Crippen molar-refractivity contribution in [3.8, 4) is 11.5 Å². The Hall–Kier alpha value is -2.18. The predicted octanol–water partition coefficient (Wildman–Crippen LogP) is 1.72. The molecule has 1 aromatic carbocycles. The molecular weight excluding hydrogens is 470 g/mol. The maximum atomic E-state index is 13.2. The van der Waals surface area contributed by atoms with Crippen LogP contribution in [0.3, 0.4) is 0 Å². The summed E-state index contributed by atoms with van der Waals surface area (Å²) in [6.45, 7) is -0.176. The molecule has 2 aromatic rings. The van der Waals surface area contributed by atoms with E-state index in [1.54, 1.807) is 6.07 Å². The number of β-amino-alcohol motifs (C(OH)–C–C–N with tert-alkyl or cyclic N) is 1. The molecular formula is C19H18ClNO8S2. The molecule has 0 spiro atoms. The van der Waals surface area contributed by atoms with Crippen molar-refractivity contribution in [1.29, 1.82) is 0 Å². The SMILES string of the molecule is O=C(COC(=O)[C@@H]1C[C@@H](O)CN1S(=O)(=O)c1ccc2c(c1)OCCO2)c1ccc(Cl)s1. The van der Waals surface area contributed by atoms with Crippen LogP contribution in [0.2, 0.25) is 4.34 Å². The van der Waals surface area contributed by atoms with Gasteiger partial charge in [-0.3, -0.25) is 9.59 Å². The second-order valence-electron chi connectivity index (χ2n) is 6.92. The number of carbonyl (C=O) groups excluding carboxylic acids is 2. The first-order chi connectivity index (χ1) is 14.8. The molecule has 0 amide bonds. The molecule has 3 heterocycles. The molecule has 1 N–H and O–H groups in total. The number of aliphatic hydroxyl groups excluding tert-OH is 1. The van der Waals surface area contributed by atoms with E-state index in [-0.39, 0.29) is 30.2 Å². The van der Waals surface area contributed by atoms with E-state index in [0.29, 0.717) is 21.6 Å². The zero-order valence-corrected chi connectivity index (χ0v) is 18.4. The van der Waals surface area contributed by atoms with E-state index in [1.165, 1.54) is 24.3 Å². The standard InChI is InChI=1S/C19H18ClNO8S2/c20-18-4-3-17(30-18)14(23)10-29-19(24)13-7-11(22)9-21(13)31(25,26)12-1-2-15-16(8-12)28-6-5-27-15/h1-4,8,11,13,22H,5-7,9-10H2/t11-,13+/m1/s1. The summed E-state index contributed by atoms with van der Waals surface area (Å²) in [6.07, 6.45) is -1.18. The average molecular weight is 488 g/mol. The van der Waals surface area contributed by atoms with Gasteiger partial charge >= 0.3 is 5.97 Å². The first-order valence-corrected chi connectivity index (χ1v) is 11.9. The molecule has 0 aliphatic carbocycles. The Morgan fingerprint density at radius 2 is 1.94 bits per heavy atom. The minimum Gasteiger partial charge on any atom is -0.486 e. The normalized spacial score (nSPS) is 21.1. The number of ketones is 1. The lowest BCUT2D eigenvalue weighted by Gasteiger charge is -2.24. The largest absolute Gasteiger partial charge is 0.486 e. The average Bonchev–Trinajstić information content (AvgIpc) is 3.37. The number of halogens is 1. The molecule has 1 saturated heterocycles. The summed E-state index contributed by atoms with van der Waals surface area (Å²) < 4.78 is 43.6. The van der Waals surface area contributed by atoms with Crippen molar-refractivity contribution in [3.63, 3.8) is 0 Å². The lowest BCUT2D eigenvalue weighted by atomic mass is 10.2. The molecule has 0 saturated carbocycles. The predicted molar refractivity (Wildman–Crippen MR) is 110 cm³/mol. The van der Waals surface area contributed by atoms with Gasteiger partial charge in [-0.15, -0.1) is 11.3 Å². The third-order valence-electron chi connectivity index (χ3n) is 4.82. The molecule has 9 nitrogen and oxygen atoms in total. The van der Waals surface area contributed by atoms with Crippen LogP contribution in [0.5, 0.6) is 11.5 Å². The van der Waals surface area contributed by atoms with E-state index in [9.17, 15) is 23.1 Å². The second-order valence-corrected chi connectivity index (χ2v) is 10.5. The molecule has 31 heavy (non-hydrogen) atoms. The number of Topliss-reactive ketones (excluding diaryl/α,β-unsaturated/α-hetero) is 1. The molecule has 2 atom stereocenters. The van der Waals surface area contributed by atoms with E-state index >= 15 is 0 Å². The number of aliphatic hydroxyl groups is 1. The maximum absolute atomic E-state index is 13.2. The van der Waals surface area contributed by atoms with Gasteiger partial charge in [-0.1, -0.05) is 11.6 Å². The quantitative estimate of drug-likeness (QED) is 0.483. The molecule has 4 rings (SSSR count). The number of esters is 1. The zero-order valence-electron chi connectivity index (χ0n) is 16.0. The van der Waals surface area contributed by atoms with Gasteiger partial charge in [0.25, 0.3) is 0 Å². The summed E-state index contributed by atoms with van der Waals surface area (Å²) in [5.41, 5.74) is 0. The fraction of sp³-hybridized carbons (Fsp3) is 0.368. The van der Waals surface area contributed by atoms with Crippen LogP contribution in [0, 0.1) is 0 Å². The lowest BCUT2D eigenvalue weighted by Crippen LogP contribution is -2.41. The minimum atomic E-state index is -4.15. The molecule has 12 heteroatoms. The van der Waals surface area contributed by atoms with E-state index in [1.807, 2.05) is 0 Å². The van der Waals surface area contributed by atoms with Crippen molar-refractivity contribution in [1.82, 2.24) is 4.31 Å². The van der Waals surface area contributed by atoms with E-state index in [2.05, 4.69) is 0 Å². The van der Waals surface area contributed by atoms with Crippen molar-refractivity contribution in [2.45, 2.75) is 23.5 Å². The highest BCUT2D eigenvalue weighted by molar-refractivity contribution is 7.89. The van der Waals surface area contributed by atoms with Gasteiger partial charge in [-0.25, -0.2) is 8.42 Å². The van der Waals surface area contributed by atoms with Gasteiger partial charge in [-0.05, 0) is 24.3 Å². The van der Waals surface area contributed by atoms with Crippen LogP contribution >= 0.6 is 22.9 Å². The number of thiophene rings is 1. The number of fused-ring (bicyclic) bond motifs is 1. The van der Waals surface area contributed by atoms with Gasteiger partial charge in [0.1, 0.15) is 19.3 Å². The number of ether oxygens (including phenoxy) is 3. The monoisotopic (exact) mass is 487 g/mol. The van der Waals surface area contributed by atoms with Gasteiger partial charge in [-0.2, -0.15) is 4.31 Å². The number of carbonyl (C=O) groups is 2. The highest BCUT2D eigenvalue weighted by atomic mass is 35.5. The van der Waals surface area contributed by atoms with Crippen LogP contribution in [0.4, 0.5) is 0 Å². The van der Waals surface area contributed by atoms with Crippen LogP contribution in [-0.4, -0.2) is 68.1 Å². The molecule has 1 aromatic heterocycles. The summed E-state index contributed by atoms with van der Waals surface area (Å²) in [4.78, 5) is 25.0. The highest BCUT2D eigenvalue weighted by Gasteiger charge is 2.44. The number of nitrogens with zero attached hydrogens (tertiary/aromatic N) is 1. The first kappa shape index (κ1) is 22.0. The maximum Gasteiger partial charge on any atom is 0.325 e. The molecule has 0 unspecified atom stereocenters. The number of rotatable bonds is 6. The Kier molecular flexibility index (Phi) is 6.22. The van der Waals surface area contributed by atoms with Gasteiger partial charge in [0.2, 0.25) is 15.8 Å². The van der Waals surface area contributed by atoms with Crippen molar-refractivity contribution >= 4 is 44.7 Å². The zero-order chi connectivity index (χ0) is 22.2. The lowest BCUT2D eigenvalue weighted by molar-refractivity contribution is -0.146. The molecule has 2 aliphatic rings. The van der Waals surface area contributed by atoms with Crippen LogP contribution in [0.15, 0.2) is 35.2 Å². The Bertz CT molecular complexity index is 1120. The molecule has 166 valence electrons. The minimum absolute atomic E-state index is 0.104. The van der Waals surface area contributed by atoms with Crippen molar-refractivity contribution < 1.29 is 37.3 Å². The Morgan fingerprint density at radius 3 is 2.65 bits per heavy atom. The fourth-order valence-corrected chi connectivity index (χ4v) is 5.96. The summed E-state index contributed by atoms with van der Waals surface area (Å²) in [5, 5.41) is 10.0. The Balaban J connectivity index is 1.50. The molecule has 1 fully saturated rings. The number of hydrogen-bond donors (Lipinski definition) is 1. The van der Waals surface area contributed by atoms with E-state index in [4.69, 9.17) is 25.8 Å². The Labute approximate surface area is 187 Å². The molecule has 2 aliphatic heterocycles. The summed E-state index contributed by atoms with van der Waals surface area (Å²) in [6, 6.07) is 5.96. The fourth-order valence-electron chi connectivity index (χ4n) is 3.35. The number of sulfonamides is 1. The third kappa shape index (κ3) is 4.55. The highest BCUT2D eigenvalue weighted by Crippen LogP contribution is 2.35. The summed E-state index contributed by atoms with van der Waals surface area (Å²) in [5.74, 6) is -0.653. The second kappa shape index (κ2) is 8.75. The van der Waals surface area contributed by atoms with Crippen LogP contribution < -0.4 is 9.47 Å². The van der Waals surface area contributed by atoms with Crippen LogP contribution in [0.25, 0.3) is 0 Å². The Morgan fingerprint density at radius 1 is 1.19 bits per heavy atom. The summed E-state index contributed by atoms with van der Waals surface area (Å²) in [7, 11) is -4.15. The van der Waals surface area contributed by atoms with Gasteiger partial charge in [0.15, 0.2) is 18.1 Å². The third-order valence-corrected chi connectivity index (χ3v) is 7.96. The van der Waals surface area contributed by atoms with Gasteiger partial charge < -0.3 is 19.3 Å². The summed E-state index contributed by atoms with van der Waals surface area (Å²) >= 11 is 6.85. The van der Waals surface area contributed by atoms with Crippen LogP contribution in [0.1, 0.15) is 16.1 Å². The van der Waals surface area contributed by atoms with E-state index in [0.717, 1.165) is 15.6 Å². The first-order valence-electron chi connectivity index (χ1n) is 9.30. The van der Waals surface area contributed by atoms with Gasteiger partial charge in [0.05, 0.1) is 20.2 Å². The van der Waals surface area contributed by atoms with E-state index < -0.39 is 40.5 Å². The van der Waals surface area contributed by atoms with Crippen molar-refractivity contribution in [3.05, 3.63) is 39.5 Å². The van der Waals surface area contributed by atoms with Gasteiger partial charge in [0, 0.05) is 19.0 Å². The topological polar surface area (TPSA) is 119 Å². The number of hydrogen-bond acceptors (Lipinski definition) is 9. The van der Waals surface area contributed by atoms with Crippen molar-refractivity contribution in [2.75, 3.05) is 26.4 Å². The van der Waals surface area contributed by atoms with Crippen molar-refractivity contribution in [2.24, 2.45) is 0 Å². The smallest absolute Gasteiger partial charge is 0.325 e. The van der Waals surface area contributed by atoms with Crippen LogP contribution in [-0.2, 0) is 19.6 Å². The molecule has 0 bridgehead atoms.